The topological polar surface area (TPSA) is 29.1 Å². The van der Waals surface area contributed by atoms with Crippen LogP contribution in [0.1, 0.15) is 15.9 Å². The predicted molar refractivity (Wildman–Crippen MR) is 99.1 cm³/mol. The molecule has 0 aliphatic carbocycles. The highest BCUT2D eigenvalue weighted by Crippen LogP contribution is 2.18. The molecular weight excluding hydrogens is 294 g/mol. The smallest absolute Gasteiger partial charge is 0.236 e. The van der Waals surface area contributed by atoms with Crippen molar-refractivity contribution < 1.29 is 4.79 Å². The molecule has 0 aromatic heterocycles. The second-order valence-electron chi connectivity index (χ2n) is 5.35. The molecule has 0 aliphatic rings. The van der Waals surface area contributed by atoms with Crippen molar-refractivity contribution in [2.45, 2.75) is 0 Å². The molecule has 0 spiro atoms. The Hall–Kier alpha value is -3.31. The molecule has 0 amide bonds. The molecule has 3 aromatic carbocycles. The molecule has 0 saturated carbocycles. The van der Waals surface area contributed by atoms with Crippen LogP contribution < -0.4 is 5.32 Å². The summed E-state index contributed by atoms with van der Waals surface area (Å²) < 4.78 is 0. The number of benzene rings is 3. The summed E-state index contributed by atoms with van der Waals surface area (Å²) in [5.74, 6) is 5.46. The third-order valence-corrected chi connectivity index (χ3v) is 3.75. The molecule has 24 heavy (non-hydrogen) atoms. The van der Waals surface area contributed by atoms with E-state index in [2.05, 4.69) is 29.3 Å². The molecule has 0 atom stereocenters. The van der Waals surface area contributed by atoms with Gasteiger partial charge in [-0.1, -0.05) is 48.4 Å². The molecule has 1 N–H and O–H groups in total. The third kappa shape index (κ3) is 3.71. The molecule has 116 valence electrons. The van der Waals surface area contributed by atoms with Crippen molar-refractivity contribution in [1.29, 1.82) is 0 Å². The lowest BCUT2D eigenvalue weighted by Gasteiger charge is -2.01. The molecular formula is C22H17NO. The molecule has 2 heteroatoms. The number of nitrogens with one attached hydrogen (secondary N) is 1. The van der Waals surface area contributed by atoms with E-state index in [-0.39, 0.29) is 5.78 Å². The summed E-state index contributed by atoms with van der Waals surface area (Å²) in [6.45, 7) is 0. The molecule has 0 heterocycles. The van der Waals surface area contributed by atoms with Gasteiger partial charge in [0.25, 0.3) is 0 Å². The Labute approximate surface area is 142 Å². The molecule has 3 rings (SSSR count). The van der Waals surface area contributed by atoms with Crippen molar-refractivity contribution >= 4 is 11.5 Å². The highest BCUT2D eigenvalue weighted by atomic mass is 16.1. The fraction of sp³-hybridized carbons (Fsp3) is 0.0455. The van der Waals surface area contributed by atoms with Gasteiger partial charge in [0.05, 0.1) is 0 Å². The molecule has 0 radical (unpaired) electrons. The van der Waals surface area contributed by atoms with E-state index >= 15 is 0 Å². The molecule has 0 unspecified atom stereocenters. The van der Waals surface area contributed by atoms with Gasteiger partial charge in [0.1, 0.15) is 0 Å². The van der Waals surface area contributed by atoms with Gasteiger partial charge in [0.2, 0.25) is 5.78 Å². The molecule has 0 saturated heterocycles. The van der Waals surface area contributed by atoms with Crippen LogP contribution >= 0.6 is 0 Å². The maximum absolute atomic E-state index is 12.1. The summed E-state index contributed by atoms with van der Waals surface area (Å²) in [6, 6.07) is 25.4. The lowest BCUT2D eigenvalue weighted by Crippen LogP contribution is -1.95. The number of anilines is 1. The Morgan fingerprint density at radius 2 is 1.42 bits per heavy atom. The zero-order valence-corrected chi connectivity index (χ0v) is 13.4. The monoisotopic (exact) mass is 311 g/mol. The largest absolute Gasteiger partial charge is 0.388 e. The van der Waals surface area contributed by atoms with Gasteiger partial charge in [0, 0.05) is 23.9 Å². The van der Waals surface area contributed by atoms with E-state index in [1.54, 1.807) is 12.1 Å². The van der Waals surface area contributed by atoms with Gasteiger partial charge in [0.15, 0.2) is 0 Å². The summed E-state index contributed by atoms with van der Waals surface area (Å²) in [4.78, 5) is 12.1. The van der Waals surface area contributed by atoms with Crippen LogP contribution in [-0.4, -0.2) is 12.8 Å². The zero-order valence-electron chi connectivity index (χ0n) is 13.4. The van der Waals surface area contributed by atoms with Crippen molar-refractivity contribution in [2.75, 3.05) is 12.4 Å². The van der Waals surface area contributed by atoms with E-state index in [4.69, 9.17) is 0 Å². The normalized spacial score (nSPS) is 9.71. The minimum Gasteiger partial charge on any atom is -0.388 e. The summed E-state index contributed by atoms with van der Waals surface area (Å²) >= 11 is 0. The van der Waals surface area contributed by atoms with Gasteiger partial charge < -0.3 is 5.32 Å². The van der Waals surface area contributed by atoms with Crippen LogP contribution in [-0.2, 0) is 0 Å². The number of carbonyl (C=O) groups is 1. The van der Waals surface area contributed by atoms with E-state index in [1.165, 1.54) is 0 Å². The van der Waals surface area contributed by atoms with Gasteiger partial charge in [-0.15, -0.1) is 0 Å². The molecule has 0 bridgehead atoms. The zero-order chi connectivity index (χ0) is 16.8. The molecule has 0 aliphatic heterocycles. The Morgan fingerprint density at radius 3 is 2.04 bits per heavy atom. The first-order valence-electron chi connectivity index (χ1n) is 7.76. The van der Waals surface area contributed by atoms with Crippen molar-refractivity contribution in [2.24, 2.45) is 0 Å². The first-order valence-corrected chi connectivity index (χ1v) is 7.76. The third-order valence-electron chi connectivity index (χ3n) is 3.75. The van der Waals surface area contributed by atoms with Crippen LogP contribution in [0.5, 0.6) is 0 Å². The lowest BCUT2D eigenvalue weighted by atomic mass is 10.0. The minimum atomic E-state index is -0.176. The van der Waals surface area contributed by atoms with Gasteiger partial charge >= 0.3 is 0 Å². The predicted octanol–water partition coefficient (Wildman–Crippen LogP) is 4.63. The van der Waals surface area contributed by atoms with Crippen LogP contribution in [0.15, 0.2) is 78.9 Å². The highest BCUT2D eigenvalue weighted by molar-refractivity contribution is 6.09. The standard InChI is InChI=1S/C22H17NO/c1-23-21-14-12-20(13-15-21)22(24)16-9-17-7-10-19(11-8-17)18-5-3-2-4-6-18/h2-8,10-15,23H,1H3. The first-order chi connectivity index (χ1) is 11.8. The quantitative estimate of drug-likeness (QED) is 0.564. The summed E-state index contributed by atoms with van der Waals surface area (Å²) in [5.41, 5.74) is 4.70. The van der Waals surface area contributed by atoms with E-state index in [0.717, 1.165) is 22.4 Å². The number of rotatable bonds is 3. The van der Waals surface area contributed by atoms with E-state index < -0.39 is 0 Å². The second kappa shape index (κ2) is 7.30. The number of ketones is 1. The van der Waals surface area contributed by atoms with Crippen molar-refractivity contribution in [3.63, 3.8) is 0 Å². The Kier molecular flexibility index (Phi) is 4.74. The number of Topliss-reactive ketones (excluding diaryl/α,β-unsaturated/α-hetero) is 1. The fourth-order valence-corrected chi connectivity index (χ4v) is 2.37. The fourth-order valence-electron chi connectivity index (χ4n) is 2.37. The SMILES string of the molecule is CNc1ccc(C(=O)C#Cc2ccc(-c3ccccc3)cc2)cc1. The summed E-state index contributed by atoms with van der Waals surface area (Å²) in [7, 11) is 1.84. The molecule has 0 fully saturated rings. The highest BCUT2D eigenvalue weighted by Gasteiger charge is 2.01. The van der Waals surface area contributed by atoms with Gasteiger partial charge in [-0.05, 0) is 53.4 Å². The maximum Gasteiger partial charge on any atom is 0.236 e. The van der Waals surface area contributed by atoms with E-state index in [1.807, 2.05) is 61.6 Å². The van der Waals surface area contributed by atoms with Gasteiger partial charge in [-0.25, -0.2) is 0 Å². The van der Waals surface area contributed by atoms with Crippen LogP contribution in [0.25, 0.3) is 11.1 Å². The Bertz CT molecular complexity index is 883. The molecule has 3 aromatic rings. The minimum absolute atomic E-state index is 0.176. The maximum atomic E-state index is 12.1. The van der Waals surface area contributed by atoms with Crippen LogP contribution in [0.3, 0.4) is 0 Å². The summed E-state index contributed by atoms with van der Waals surface area (Å²) in [6.07, 6.45) is 0. The average Bonchev–Trinajstić information content (AvgIpc) is 2.67. The van der Waals surface area contributed by atoms with Gasteiger partial charge in [-0.2, -0.15) is 0 Å². The second-order valence-corrected chi connectivity index (χ2v) is 5.35. The summed E-state index contributed by atoms with van der Waals surface area (Å²) in [5, 5.41) is 3.02. The van der Waals surface area contributed by atoms with Crippen molar-refractivity contribution in [3.05, 3.63) is 90.0 Å². The lowest BCUT2D eigenvalue weighted by molar-refractivity contribution is 0.105. The Morgan fingerprint density at radius 1 is 0.792 bits per heavy atom. The van der Waals surface area contributed by atoms with Crippen LogP contribution in [0, 0.1) is 11.8 Å². The van der Waals surface area contributed by atoms with Crippen LogP contribution in [0.2, 0.25) is 0 Å². The van der Waals surface area contributed by atoms with Crippen LogP contribution in [0.4, 0.5) is 5.69 Å². The number of hydrogen-bond donors (Lipinski definition) is 1. The number of hydrogen-bond acceptors (Lipinski definition) is 2. The first kappa shape index (κ1) is 15.6. The van der Waals surface area contributed by atoms with E-state index in [0.29, 0.717) is 5.56 Å². The van der Waals surface area contributed by atoms with Gasteiger partial charge in [-0.3, -0.25) is 4.79 Å². The van der Waals surface area contributed by atoms with E-state index in [9.17, 15) is 4.79 Å². The molecule has 2 nitrogen and oxygen atoms in total. The van der Waals surface area contributed by atoms with Crippen molar-refractivity contribution in [1.82, 2.24) is 0 Å². The van der Waals surface area contributed by atoms with Crippen molar-refractivity contribution in [3.8, 4) is 23.0 Å². The average molecular weight is 311 g/mol. The number of carbonyl (C=O) groups excluding carboxylic acids is 1. The Balaban J connectivity index is 1.74.